The van der Waals surface area contributed by atoms with Gasteiger partial charge in [-0.3, -0.25) is 0 Å². The van der Waals surface area contributed by atoms with Gasteiger partial charge in [0.1, 0.15) is 17.4 Å². The maximum atomic E-state index is 11.5. The Morgan fingerprint density at radius 3 is 2.69 bits per heavy atom. The van der Waals surface area contributed by atoms with E-state index in [9.17, 15) is 9.59 Å². The Morgan fingerprint density at radius 1 is 1.31 bits per heavy atom. The van der Waals surface area contributed by atoms with Crippen molar-refractivity contribution in [2.24, 2.45) is 0 Å². The first-order chi connectivity index (χ1) is 7.69. The highest BCUT2D eigenvalue weighted by Gasteiger charge is 2.46. The SMILES string of the molecule is COC(=O)C1=C2OCC[C@H]2O[C@@H]1C(=O)OC. The molecule has 0 unspecified atom stereocenters. The van der Waals surface area contributed by atoms with Gasteiger partial charge in [-0.15, -0.1) is 0 Å². The quantitative estimate of drug-likeness (QED) is 0.608. The number of carbonyl (C=O) groups excluding carboxylic acids is 2. The number of ether oxygens (including phenoxy) is 4. The van der Waals surface area contributed by atoms with Crippen LogP contribution in [0.1, 0.15) is 6.42 Å². The molecule has 0 N–H and O–H groups in total. The van der Waals surface area contributed by atoms with E-state index in [2.05, 4.69) is 9.47 Å². The zero-order valence-electron chi connectivity index (χ0n) is 9.02. The first kappa shape index (κ1) is 10.9. The number of rotatable bonds is 2. The van der Waals surface area contributed by atoms with Crippen molar-refractivity contribution in [3.8, 4) is 0 Å². The largest absolute Gasteiger partial charge is 0.494 e. The van der Waals surface area contributed by atoms with Crippen molar-refractivity contribution in [1.29, 1.82) is 0 Å². The molecule has 2 heterocycles. The Balaban J connectivity index is 2.33. The first-order valence-electron chi connectivity index (χ1n) is 4.87. The van der Waals surface area contributed by atoms with Crippen LogP contribution in [-0.4, -0.2) is 45.0 Å². The first-order valence-corrected chi connectivity index (χ1v) is 4.87. The Morgan fingerprint density at radius 2 is 2.06 bits per heavy atom. The van der Waals surface area contributed by atoms with Crippen LogP contribution >= 0.6 is 0 Å². The second-order valence-corrected chi connectivity index (χ2v) is 3.43. The summed E-state index contributed by atoms with van der Waals surface area (Å²) in [6.07, 6.45) is -0.737. The Labute approximate surface area is 92.1 Å². The summed E-state index contributed by atoms with van der Waals surface area (Å²) in [6, 6.07) is 0. The maximum absolute atomic E-state index is 11.5. The lowest BCUT2D eigenvalue weighted by molar-refractivity contribution is -0.154. The third-order valence-electron chi connectivity index (χ3n) is 2.58. The van der Waals surface area contributed by atoms with E-state index in [1.807, 2.05) is 0 Å². The molecular formula is C10H12O6. The van der Waals surface area contributed by atoms with Gasteiger partial charge < -0.3 is 18.9 Å². The molecule has 0 aromatic heterocycles. The van der Waals surface area contributed by atoms with E-state index in [4.69, 9.17) is 9.47 Å². The van der Waals surface area contributed by atoms with E-state index in [-0.39, 0.29) is 11.7 Å². The Kier molecular flexibility index (Phi) is 2.82. The summed E-state index contributed by atoms with van der Waals surface area (Å²) >= 11 is 0. The van der Waals surface area contributed by atoms with Crippen LogP contribution in [0.5, 0.6) is 0 Å². The number of hydrogen-bond acceptors (Lipinski definition) is 6. The summed E-state index contributed by atoms with van der Waals surface area (Å²) in [6.45, 7) is 0.481. The summed E-state index contributed by atoms with van der Waals surface area (Å²) < 4.78 is 19.8. The zero-order chi connectivity index (χ0) is 11.7. The number of carbonyl (C=O) groups is 2. The summed E-state index contributed by atoms with van der Waals surface area (Å²) in [5.41, 5.74) is 0.122. The monoisotopic (exact) mass is 228 g/mol. The molecular weight excluding hydrogens is 216 g/mol. The predicted molar refractivity (Wildman–Crippen MR) is 50.3 cm³/mol. The van der Waals surface area contributed by atoms with Gasteiger partial charge >= 0.3 is 11.9 Å². The highest BCUT2D eigenvalue weighted by Crippen LogP contribution is 2.35. The van der Waals surface area contributed by atoms with Gasteiger partial charge in [-0.2, -0.15) is 0 Å². The predicted octanol–water partition coefficient (Wildman–Crippen LogP) is -0.226. The molecule has 0 radical (unpaired) electrons. The van der Waals surface area contributed by atoms with Crippen molar-refractivity contribution in [2.45, 2.75) is 18.6 Å². The summed E-state index contributed by atoms with van der Waals surface area (Å²) in [4.78, 5) is 23.0. The van der Waals surface area contributed by atoms with Crippen LogP contribution in [0.25, 0.3) is 0 Å². The molecule has 1 fully saturated rings. The van der Waals surface area contributed by atoms with Gasteiger partial charge in [-0.25, -0.2) is 9.59 Å². The van der Waals surface area contributed by atoms with Gasteiger partial charge in [-0.1, -0.05) is 0 Å². The fourth-order valence-electron chi connectivity index (χ4n) is 1.84. The number of hydrogen-bond donors (Lipinski definition) is 0. The number of methoxy groups -OCH3 is 2. The molecule has 0 aromatic rings. The molecule has 88 valence electrons. The lowest BCUT2D eigenvalue weighted by atomic mass is 10.1. The second-order valence-electron chi connectivity index (χ2n) is 3.43. The summed E-state index contributed by atoms with van der Waals surface area (Å²) in [5.74, 6) is -0.831. The van der Waals surface area contributed by atoms with Crippen LogP contribution < -0.4 is 0 Å². The molecule has 0 saturated carbocycles. The highest BCUT2D eigenvalue weighted by molar-refractivity contribution is 5.98. The lowest BCUT2D eigenvalue weighted by Gasteiger charge is -2.11. The van der Waals surface area contributed by atoms with Crippen LogP contribution in [0.2, 0.25) is 0 Å². The minimum Gasteiger partial charge on any atom is -0.494 e. The molecule has 1 saturated heterocycles. The summed E-state index contributed by atoms with van der Waals surface area (Å²) in [7, 11) is 2.48. The molecule has 0 aliphatic carbocycles. The third-order valence-corrected chi connectivity index (χ3v) is 2.58. The zero-order valence-corrected chi connectivity index (χ0v) is 9.02. The van der Waals surface area contributed by atoms with E-state index in [0.29, 0.717) is 18.8 Å². The van der Waals surface area contributed by atoms with E-state index < -0.39 is 18.0 Å². The average Bonchev–Trinajstić information content (AvgIpc) is 2.86. The Bertz CT molecular complexity index is 358. The van der Waals surface area contributed by atoms with Crippen molar-refractivity contribution in [2.75, 3.05) is 20.8 Å². The average molecular weight is 228 g/mol. The van der Waals surface area contributed by atoms with Gasteiger partial charge in [0.15, 0.2) is 6.10 Å². The van der Waals surface area contributed by atoms with E-state index in [1.165, 1.54) is 14.2 Å². The van der Waals surface area contributed by atoms with Crippen molar-refractivity contribution < 1.29 is 28.5 Å². The van der Waals surface area contributed by atoms with Crippen LogP contribution in [0.3, 0.4) is 0 Å². The van der Waals surface area contributed by atoms with E-state index in [1.54, 1.807) is 0 Å². The topological polar surface area (TPSA) is 71.1 Å². The number of esters is 2. The van der Waals surface area contributed by atoms with Crippen molar-refractivity contribution in [1.82, 2.24) is 0 Å². The molecule has 0 bridgehead atoms. The van der Waals surface area contributed by atoms with Crippen molar-refractivity contribution >= 4 is 11.9 Å². The van der Waals surface area contributed by atoms with Crippen molar-refractivity contribution in [3.05, 3.63) is 11.3 Å². The van der Waals surface area contributed by atoms with Crippen LogP contribution in [0.15, 0.2) is 11.3 Å². The molecule has 6 nitrogen and oxygen atoms in total. The molecule has 0 spiro atoms. The minimum atomic E-state index is -1.03. The molecule has 6 heteroatoms. The normalized spacial score (nSPS) is 27.4. The highest BCUT2D eigenvalue weighted by atomic mass is 16.6. The molecule has 2 aliphatic heterocycles. The van der Waals surface area contributed by atoms with Crippen LogP contribution in [0, 0.1) is 0 Å². The van der Waals surface area contributed by atoms with Crippen LogP contribution in [0.4, 0.5) is 0 Å². The van der Waals surface area contributed by atoms with Gasteiger partial charge in [0.05, 0.1) is 20.8 Å². The lowest BCUT2D eigenvalue weighted by Crippen LogP contribution is -2.29. The second kappa shape index (κ2) is 4.13. The molecule has 16 heavy (non-hydrogen) atoms. The van der Waals surface area contributed by atoms with Crippen molar-refractivity contribution in [3.63, 3.8) is 0 Å². The van der Waals surface area contributed by atoms with E-state index >= 15 is 0 Å². The van der Waals surface area contributed by atoms with Gasteiger partial charge in [0.25, 0.3) is 0 Å². The smallest absolute Gasteiger partial charge is 0.340 e. The molecule has 2 aliphatic rings. The molecule has 0 amide bonds. The standard InChI is InChI=1S/C10H12O6/c1-13-9(11)6-7-5(3-4-15-7)16-8(6)10(12)14-2/h5,8H,3-4H2,1-2H3/t5-,8+/m1/s1. The maximum Gasteiger partial charge on any atom is 0.340 e. The molecule has 2 atom stereocenters. The fourth-order valence-corrected chi connectivity index (χ4v) is 1.84. The molecule has 0 aromatic carbocycles. The van der Waals surface area contributed by atoms with Gasteiger partial charge in [0, 0.05) is 6.42 Å². The van der Waals surface area contributed by atoms with Gasteiger partial charge in [0.2, 0.25) is 0 Å². The third kappa shape index (κ3) is 1.55. The number of fused-ring (bicyclic) bond motifs is 1. The van der Waals surface area contributed by atoms with E-state index in [0.717, 1.165) is 0 Å². The molecule has 2 rings (SSSR count). The van der Waals surface area contributed by atoms with Gasteiger partial charge in [-0.05, 0) is 0 Å². The minimum absolute atomic E-state index is 0.122. The van der Waals surface area contributed by atoms with Crippen LogP contribution in [-0.2, 0) is 28.5 Å². The summed E-state index contributed by atoms with van der Waals surface area (Å²) in [5, 5.41) is 0. The fraction of sp³-hybridized carbons (Fsp3) is 0.600. The Hall–Kier alpha value is -1.56.